The van der Waals surface area contributed by atoms with E-state index in [-0.39, 0.29) is 23.5 Å². The van der Waals surface area contributed by atoms with Crippen LogP contribution in [0.3, 0.4) is 0 Å². The van der Waals surface area contributed by atoms with Crippen LogP contribution in [-0.2, 0) is 11.2 Å². The Bertz CT molecular complexity index is 947. The predicted octanol–water partition coefficient (Wildman–Crippen LogP) is 2.95. The normalized spacial score (nSPS) is 20.1. The van der Waals surface area contributed by atoms with Crippen molar-refractivity contribution in [2.75, 3.05) is 18.0 Å². The quantitative estimate of drug-likeness (QED) is 0.867. The molecule has 2 aromatic rings. The van der Waals surface area contributed by atoms with Crippen molar-refractivity contribution in [3.8, 4) is 0 Å². The third kappa shape index (κ3) is 4.21. The number of ketones is 1. The summed E-state index contributed by atoms with van der Waals surface area (Å²) in [5.41, 5.74) is 8.83. The summed E-state index contributed by atoms with van der Waals surface area (Å²) >= 11 is 0. The number of hydrogen-bond acceptors (Lipinski definition) is 5. The number of carbonyl (C=O) groups is 2. The number of aryl methyl sites for hydroxylation is 1. The first-order valence-electron chi connectivity index (χ1n) is 10.2. The molecule has 1 atom stereocenters. The Labute approximate surface area is 170 Å². The molecule has 0 bridgehead atoms. The number of benzene rings is 1. The van der Waals surface area contributed by atoms with E-state index in [2.05, 4.69) is 34.2 Å². The lowest BCUT2D eigenvalue weighted by Gasteiger charge is -2.32. The molecule has 2 N–H and O–H groups in total. The molecule has 1 amide bonds. The second kappa shape index (κ2) is 8.15. The zero-order chi connectivity index (χ0) is 20.4. The molecule has 1 aliphatic carbocycles. The van der Waals surface area contributed by atoms with Crippen LogP contribution in [0, 0.1) is 18.8 Å². The molecular formula is C23H26N4O2. The number of primary amides is 1. The fraction of sp³-hybridized carbons (Fsp3) is 0.391. The van der Waals surface area contributed by atoms with Gasteiger partial charge in [0, 0.05) is 25.4 Å². The molecule has 2 heterocycles. The second-order valence-corrected chi connectivity index (χ2v) is 7.96. The number of rotatable bonds is 4. The Hall–Kier alpha value is -3.02. The lowest BCUT2D eigenvalue weighted by molar-refractivity contribution is -0.122. The third-order valence-corrected chi connectivity index (χ3v) is 5.88. The van der Waals surface area contributed by atoms with Gasteiger partial charge in [-0.15, -0.1) is 0 Å². The molecule has 150 valence electrons. The number of aromatic nitrogens is 2. The van der Waals surface area contributed by atoms with Gasteiger partial charge in [-0.05, 0) is 37.7 Å². The maximum Gasteiger partial charge on any atom is 0.225 e. The number of carbonyl (C=O) groups excluding carboxylic acids is 2. The van der Waals surface area contributed by atoms with Crippen LogP contribution in [-0.4, -0.2) is 34.7 Å². The largest absolute Gasteiger partial charge is 0.369 e. The van der Waals surface area contributed by atoms with E-state index in [1.807, 2.05) is 25.1 Å². The van der Waals surface area contributed by atoms with Gasteiger partial charge >= 0.3 is 0 Å². The highest BCUT2D eigenvalue weighted by molar-refractivity contribution is 5.99. The topological polar surface area (TPSA) is 89.2 Å². The van der Waals surface area contributed by atoms with E-state index in [0.717, 1.165) is 36.2 Å². The van der Waals surface area contributed by atoms with Crippen molar-refractivity contribution in [2.45, 2.75) is 32.6 Å². The SMILES string of the molecule is Cc1nc(N2CCC(C(N)=O)CC2)nc2c1C(=O)C[C@@H](/C=C/c1ccccc1)C2. The fourth-order valence-electron chi connectivity index (χ4n) is 4.24. The molecule has 1 aromatic carbocycles. The number of Topliss-reactive ketones (excluding diaryl/α,β-unsaturated/α-hetero) is 1. The Morgan fingerprint density at radius 1 is 1.14 bits per heavy atom. The first-order chi connectivity index (χ1) is 14.0. The minimum absolute atomic E-state index is 0.0703. The van der Waals surface area contributed by atoms with Gasteiger partial charge in [0.15, 0.2) is 5.78 Å². The van der Waals surface area contributed by atoms with E-state index in [1.54, 1.807) is 0 Å². The average Bonchev–Trinajstić information content (AvgIpc) is 2.72. The van der Waals surface area contributed by atoms with Crippen molar-refractivity contribution in [3.63, 3.8) is 0 Å². The first kappa shape index (κ1) is 19.3. The monoisotopic (exact) mass is 390 g/mol. The molecule has 0 spiro atoms. The van der Waals surface area contributed by atoms with Crippen molar-refractivity contribution in [2.24, 2.45) is 17.6 Å². The van der Waals surface area contributed by atoms with Gasteiger partial charge in [-0.1, -0.05) is 42.5 Å². The number of amides is 1. The molecule has 1 fully saturated rings. The number of allylic oxidation sites excluding steroid dienone is 1. The Morgan fingerprint density at radius 2 is 1.86 bits per heavy atom. The molecule has 4 rings (SSSR count). The van der Waals surface area contributed by atoms with Gasteiger partial charge in [0.1, 0.15) is 0 Å². The average molecular weight is 390 g/mol. The molecule has 1 aromatic heterocycles. The highest BCUT2D eigenvalue weighted by Crippen LogP contribution is 2.30. The highest BCUT2D eigenvalue weighted by atomic mass is 16.1. The van der Waals surface area contributed by atoms with Crippen LogP contribution in [0.5, 0.6) is 0 Å². The van der Waals surface area contributed by atoms with Gasteiger partial charge in [0.25, 0.3) is 0 Å². The van der Waals surface area contributed by atoms with Crippen LogP contribution in [0.25, 0.3) is 6.08 Å². The Morgan fingerprint density at radius 3 is 2.55 bits per heavy atom. The standard InChI is InChI=1S/C23H26N4O2/c1-15-21-19(26-23(25-15)27-11-9-18(10-12-27)22(24)29)13-17(14-20(21)28)8-7-16-5-3-2-4-6-16/h2-8,17-18H,9-14H2,1H3,(H2,24,29)/b8-7+/t17-/m0/s1. The summed E-state index contributed by atoms with van der Waals surface area (Å²) in [5.74, 6) is 0.609. The van der Waals surface area contributed by atoms with Crippen LogP contribution in [0.4, 0.5) is 5.95 Å². The second-order valence-electron chi connectivity index (χ2n) is 7.96. The summed E-state index contributed by atoms with van der Waals surface area (Å²) < 4.78 is 0. The summed E-state index contributed by atoms with van der Waals surface area (Å²) in [6.07, 6.45) is 6.85. The van der Waals surface area contributed by atoms with Gasteiger partial charge in [0.2, 0.25) is 11.9 Å². The van der Waals surface area contributed by atoms with Crippen molar-refractivity contribution in [1.29, 1.82) is 0 Å². The smallest absolute Gasteiger partial charge is 0.225 e. The van der Waals surface area contributed by atoms with Crippen LogP contribution in [0.1, 0.15) is 46.6 Å². The number of anilines is 1. The minimum atomic E-state index is -0.231. The van der Waals surface area contributed by atoms with Gasteiger partial charge in [-0.25, -0.2) is 9.97 Å². The van der Waals surface area contributed by atoms with E-state index in [9.17, 15) is 9.59 Å². The number of fused-ring (bicyclic) bond motifs is 1. The van der Waals surface area contributed by atoms with Crippen molar-refractivity contribution in [1.82, 2.24) is 9.97 Å². The molecule has 29 heavy (non-hydrogen) atoms. The third-order valence-electron chi connectivity index (χ3n) is 5.88. The first-order valence-corrected chi connectivity index (χ1v) is 10.2. The molecule has 0 unspecified atom stereocenters. The lowest BCUT2D eigenvalue weighted by Crippen LogP contribution is -2.39. The Balaban J connectivity index is 1.53. The van der Waals surface area contributed by atoms with Crippen LogP contribution < -0.4 is 10.6 Å². The molecule has 6 heteroatoms. The maximum atomic E-state index is 12.8. The zero-order valence-electron chi connectivity index (χ0n) is 16.7. The van der Waals surface area contributed by atoms with E-state index < -0.39 is 0 Å². The molecule has 0 saturated carbocycles. The summed E-state index contributed by atoms with van der Waals surface area (Å²) in [4.78, 5) is 35.6. The molecule has 1 saturated heterocycles. The number of hydrogen-bond donors (Lipinski definition) is 1. The van der Waals surface area contributed by atoms with E-state index in [0.29, 0.717) is 31.0 Å². The van der Waals surface area contributed by atoms with Crippen LogP contribution in [0.2, 0.25) is 0 Å². The summed E-state index contributed by atoms with van der Waals surface area (Å²) in [5, 5.41) is 0. The van der Waals surface area contributed by atoms with Gasteiger partial charge < -0.3 is 10.6 Å². The summed E-state index contributed by atoms with van der Waals surface area (Å²) in [6, 6.07) is 10.1. The Kier molecular flexibility index (Phi) is 5.43. The molecule has 0 radical (unpaired) electrons. The number of piperidine rings is 1. The van der Waals surface area contributed by atoms with E-state index in [1.165, 1.54) is 0 Å². The fourth-order valence-corrected chi connectivity index (χ4v) is 4.24. The predicted molar refractivity (Wildman–Crippen MR) is 113 cm³/mol. The summed E-state index contributed by atoms with van der Waals surface area (Å²) in [7, 11) is 0. The highest BCUT2D eigenvalue weighted by Gasteiger charge is 2.30. The van der Waals surface area contributed by atoms with E-state index in [4.69, 9.17) is 10.7 Å². The van der Waals surface area contributed by atoms with Crippen molar-refractivity contribution < 1.29 is 9.59 Å². The van der Waals surface area contributed by atoms with Crippen molar-refractivity contribution in [3.05, 3.63) is 58.9 Å². The van der Waals surface area contributed by atoms with Crippen molar-refractivity contribution >= 4 is 23.7 Å². The lowest BCUT2D eigenvalue weighted by atomic mass is 9.84. The van der Waals surface area contributed by atoms with Gasteiger partial charge in [0.05, 0.1) is 17.0 Å². The molecule has 2 aliphatic rings. The van der Waals surface area contributed by atoms with Crippen LogP contribution in [0.15, 0.2) is 36.4 Å². The maximum absolute atomic E-state index is 12.8. The minimum Gasteiger partial charge on any atom is -0.369 e. The summed E-state index contributed by atoms with van der Waals surface area (Å²) in [6.45, 7) is 3.30. The van der Waals surface area contributed by atoms with Crippen LogP contribution >= 0.6 is 0 Å². The number of nitrogens with two attached hydrogens (primary N) is 1. The van der Waals surface area contributed by atoms with E-state index >= 15 is 0 Å². The molecular weight excluding hydrogens is 364 g/mol. The molecule has 6 nitrogen and oxygen atoms in total. The zero-order valence-corrected chi connectivity index (χ0v) is 16.7. The molecule has 1 aliphatic heterocycles. The van der Waals surface area contributed by atoms with Gasteiger partial charge in [-0.2, -0.15) is 0 Å². The van der Waals surface area contributed by atoms with Gasteiger partial charge in [-0.3, -0.25) is 9.59 Å². The number of nitrogens with zero attached hydrogens (tertiary/aromatic N) is 3.